The highest BCUT2D eigenvalue weighted by atomic mass is 35.5. The van der Waals surface area contributed by atoms with Crippen molar-refractivity contribution in [2.75, 3.05) is 17.7 Å². The highest BCUT2D eigenvalue weighted by Crippen LogP contribution is 2.34. The van der Waals surface area contributed by atoms with Crippen molar-refractivity contribution in [1.82, 2.24) is 14.3 Å². The van der Waals surface area contributed by atoms with Crippen molar-refractivity contribution >= 4 is 56.7 Å². The minimum atomic E-state index is -0.138. The normalized spacial score (nSPS) is 10.9. The Morgan fingerprint density at radius 3 is 2.77 bits per heavy atom. The molecule has 0 aliphatic heterocycles. The topological polar surface area (TPSA) is 77.0 Å². The fourth-order valence-electron chi connectivity index (χ4n) is 2.81. The van der Waals surface area contributed by atoms with Gasteiger partial charge in [0.1, 0.15) is 33.0 Å². The van der Waals surface area contributed by atoms with Crippen molar-refractivity contribution < 1.29 is 9.53 Å². The van der Waals surface area contributed by atoms with Crippen molar-refractivity contribution in [3.05, 3.63) is 59.9 Å². The summed E-state index contributed by atoms with van der Waals surface area (Å²) in [6.45, 7) is 2.43. The number of fused-ring (bicyclic) bond motifs is 1. The van der Waals surface area contributed by atoms with E-state index in [0.29, 0.717) is 23.1 Å². The first-order valence-electron chi connectivity index (χ1n) is 9.16. The van der Waals surface area contributed by atoms with Crippen molar-refractivity contribution in [3.8, 4) is 17.0 Å². The molecule has 9 heteroatoms. The highest BCUT2D eigenvalue weighted by molar-refractivity contribution is 8.00. The van der Waals surface area contributed by atoms with Crippen LogP contribution in [-0.2, 0) is 4.79 Å². The Labute approximate surface area is 186 Å². The Balaban J connectivity index is 1.49. The van der Waals surface area contributed by atoms with E-state index < -0.39 is 0 Å². The fourth-order valence-corrected chi connectivity index (χ4v) is 4.66. The number of rotatable bonds is 7. The maximum absolute atomic E-state index is 12.5. The lowest BCUT2D eigenvalue weighted by molar-refractivity contribution is -0.113. The standard InChI is InChI=1S/C21H17ClN4O2S2/c1-2-28-16-6-4-3-5-15(16)25-17(27)11-29-21-20-19(23-12-24-21)18(26-30-20)13-7-9-14(22)10-8-13/h3-10,12H,2,11H2,1H3,(H,25,27). The lowest BCUT2D eigenvalue weighted by Crippen LogP contribution is -2.15. The Kier molecular flexibility index (Phi) is 6.47. The number of ether oxygens (including phenoxy) is 1. The van der Waals surface area contributed by atoms with E-state index in [9.17, 15) is 4.79 Å². The maximum atomic E-state index is 12.5. The van der Waals surface area contributed by atoms with Gasteiger partial charge in [0.15, 0.2) is 0 Å². The van der Waals surface area contributed by atoms with Crippen LogP contribution < -0.4 is 10.1 Å². The molecule has 0 aliphatic rings. The molecule has 0 fully saturated rings. The summed E-state index contributed by atoms with van der Waals surface area (Å²) < 4.78 is 11.0. The highest BCUT2D eigenvalue weighted by Gasteiger charge is 2.16. The number of nitrogens with one attached hydrogen (secondary N) is 1. The van der Waals surface area contributed by atoms with Gasteiger partial charge in [-0.3, -0.25) is 4.79 Å². The summed E-state index contributed by atoms with van der Waals surface area (Å²) in [5.41, 5.74) is 3.14. The number of hydrogen-bond donors (Lipinski definition) is 1. The molecule has 2 heterocycles. The average Bonchev–Trinajstić information content (AvgIpc) is 3.19. The second kappa shape index (κ2) is 9.42. The van der Waals surface area contributed by atoms with Crippen molar-refractivity contribution in [2.24, 2.45) is 0 Å². The quantitative estimate of drug-likeness (QED) is 0.291. The first-order chi connectivity index (χ1) is 14.7. The molecule has 0 saturated heterocycles. The number of amides is 1. The van der Waals surface area contributed by atoms with E-state index in [0.717, 1.165) is 26.5 Å². The van der Waals surface area contributed by atoms with Gasteiger partial charge in [0.25, 0.3) is 0 Å². The molecule has 0 spiro atoms. The summed E-state index contributed by atoms with van der Waals surface area (Å²) in [6, 6.07) is 14.8. The van der Waals surface area contributed by atoms with Crippen LogP contribution >= 0.6 is 34.9 Å². The molecule has 0 unspecified atom stereocenters. The number of hydrogen-bond acceptors (Lipinski definition) is 7. The Morgan fingerprint density at radius 1 is 1.17 bits per heavy atom. The smallest absolute Gasteiger partial charge is 0.234 e. The van der Waals surface area contributed by atoms with E-state index in [-0.39, 0.29) is 11.7 Å². The Bertz CT molecular complexity index is 1180. The van der Waals surface area contributed by atoms with Gasteiger partial charge >= 0.3 is 0 Å². The van der Waals surface area contributed by atoms with Gasteiger partial charge in [-0.15, -0.1) is 0 Å². The van der Waals surface area contributed by atoms with Crippen molar-refractivity contribution in [1.29, 1.82) is 0 Å². The molecule has 152 valence electrons. The summed E-state index contributed by atoms with van der Waals surface area (Å²) in [5, 5.41) is 4.29. The van der Waals surface area contributed by atoms with Gasteiger partial charge in [-0.1, -0.05) is 47.6 Å². The molecule has 0 bridgehead atoms. The number of para-hydroxylation sites is 2. The number of anilines is 1. The summed E-state index contributed by atoms with van der Waals surface area (Å²) >= 11 is 8.66. The molecule has 30 heavy (non-hydrogen) atoms. The number of carbonyl (C=O) groups excluding carboxylic acids is 1. The molecule has 4 rings (SSSR count). The molecule has 0 aliphatic carbocycles. The zero-order chi connectivity index (χ0) is 20.9. The predicted octanol–water partition coefficient (Wildman–Crippen LogP) is 5.54. The molecule has 0 saturated carbocycles. The van der Waals surface area contributed by atoms with Crippen LogP contribution in [0.3, 0.4) is 0 Å². The maximum Gasteiger partial charge on any atom is 0.234 e. The van der Waals surface area contributed by atoms with Crippen LogP contribution in [0.4, 0.5) is 5.69 Å². The van der Waals surface area contributed by atoms with Crippen LogP contribution in [0.15, 0.2) is 59.9 Å². The molecule has 2 aromatic heterocycles. The van der Waals surface area contributed by atoms with Gasteiger partial charge < -0.3 is 10.1 Å². The Morgan fingerprint density at radius 2 is 1.97 bits per heavy atom. The van der Waals surface area contributed by atoms with Crippen LogP contribution in [0.1, 0.15) is 6.92 Å². The SMILES string of the molecule is CCOc1ccccc1NC(=O)CSc1ncnc2c(-c3ccc(Cl)cc3)nsc12. The van der Waals surface area contributed by atoms with Crippen molar-refractivity contribution in [2.45, 2.75) is 11.9 Å². The zero-order valence-electron chi connectivity index (χ0n) is 16.0. The van der Waals surface area contributed by atoms with E-state index in [1.165, 1.54) is 29.6 Å². The van der Waals surface area contributed by atoms with Gasteiger partial charge in [-0.2, -0.15) is 4.37 Å². The van der Waals surface area contributed by atoms with E-state index in [1.807, 2.05) is 55.5 Å². The van der Waals surface area contributed by atoms with Gasteiger partial charge in [0, 0.05) is 10.6 Å². The third kappa shape index (κ3) is 4.56. The molecular weight excluding hydrogens is 440 g/mol. The lowest BCUT2D eigenvalue weighted by Gasteiger charge is -2.11. The average molecular weight is 457 g/mol. The van der Waals surface area contributed by atoms with Crippen LogP contribution in [0, 0.1) is 0 Å². The molecular formula is C21H17ClN4O2S2. The van der Waals surface area contributed by atoms with Gasteiger partial charge in [0.05, 0.1) is 18.0 Å². The minimum Gasteiger partial charge on any atom is -0.492 e. The monoisotopic (exact) mass is 456 g/mol. The summed E-state index contributed by atoms with van der Waals surface area (Å²) in [6.07, 6.45) is 1.50. The molecule has 6 nitrogen and oxygen atoms in total. The van der Waals surface area contributed by atoms with E-state index in [4.69, 9.17) is 16.3 Å². The third-order valence-electron chi connectivity index (χ3n) is 4.14. The molecule has 0 atom stereocenters. The molecule has 1 N–H and O–H groups in total. The molecule has 4 aromatic rings. The minimum absolute atomic E-state index is 0.138. The molecule has 2 aromatic carbocycles. The van der Waals surface area contributed by atoms with E-state index >= 15 is 0 Å². The number of nitrogens with zero attached hydrogens (tertiary/aromatic N) is 3. The largest absolute Gasteiger partial charge is 0.492 e. The molecule has 0 radical (unpaired) electrons. The summed E-state index contributed by atoms with van der Waals surface area (Å²) in [4.78, 5) is 21.2. The number of aromatic nitrogens is 3. The zero-order valence-corrected chi connectivity index (χ0v) is 18.4. The lowest BCUT2D eigenvalue weighted by atomic mass is 10.1. The fraction of sp³-hybridized carbons (Fsp3) is 0.143. The predicted molar refractivity (Wildman–Crippen MR) is 123 cm³/mol. The Hall–Kier alpha value is -2.68. The summed E-state index contributed by atoms with van der Waals surface area (Å²) in [7, 11) is 0. The number of benzene rings is 2. The molecule has 1 amide bonds. The van der Waals surface area contributed by atoms with Crippen LogP contribution in [0.25, 0.3) is 21.5 Å². The first kappa shape index (κ1) is 20.6. The van der Waals surface area contributed by atoms with E-state index in [2.05, 4.69) is 19.7 Å². The summed E-state index contributed by atoms with van der Waals surface area (Å²) in [5.74, 6) is 0.722. The number of thioether (sulfide) groups is 1. The van der Waals surface area contributed by atoms with Gasteiger partial charge in [-0.25, -0.2) is 9.97 Å². The van der Waals surface area contributed by atoms with Gasteiger partial charge in [0.2, 0.25) is 5.91 Å². The van der Waals surface area contributed by atoms with Gasteiger partial charge in [-0.05, 0) is 42.7 Å². The second-order valence-electron chi connectivity index (χ2n) is 6.16. The van der Waals surface area contributed by atoms with Crippen LogP contribution in [-0.4, -0.2) is 32.6 Å². The van der Waals surface area contributed by atoms with Crippen LogP contribution in [0.5, 0.6) is 5.75 Å². The van der Waals surface area contributed by atoms with E-state index in [1.54, 1.807) is 0 Å². The second-order valence-corrected chi connectivity index (χ2v) is 8.33. The first-order valence-corrected chi connectivity index (χ1v) is 11.3. The third-order valence-corrected chi connectivity index (χ3v) is 6.36. The van der Waals surface area contributed by atoms with Crippen LogP contribution in [0.2, 0.25) is 5.02 Å². The van der Waals surface area contributed by atoms with Crippen molar-refractivity contribution in [3.63, 3.8) is 0 Å². The number of carbonyl (C=O) groups is 1. The number of halogens is 1.